The summed E-state index contributed by atoms with van der Waals surface area (Å²) in [6.45, 7) is 1.43. The normalized spacial score (nSPS) is 17.9. The fraction of sp³-hybridized carbons (Fsp3) is 0.333. The summed E-state index contributed by atoms with van der Waals surface area (Å²) in [7, 11) is 0. The Morgan fingerprint density at radius 2 is 2.30 bits per heavy atom. The van der Waals surface area contributed by atoms with Crippen LogP contribution in [-0.2, 0) is 0 Å². The molecule has 2 N–H and O–H groups in total. The van der Waals surface area contributed by atoms with Crippen LogP contribution in [0, 0.1) is 10.1 Å². The predicted octanol–water partition coefficient (Wildman–Crippen LogP) is 2.53. The van der Waals surface area contributed by atoms with Gasteiger partial charge in [0, 0.05) is 42.2 Å². The van der Waals surface area contributed by atoms with Gasteiger partial charge in [0.25, 0.3) is 5.69 Å². The zero-order valence-corrected chi connectivity index (χ0v) is 13.2. The van der Waals surface area contributed by atoms with Gasteiger partial charge in [0.15, 0.2) is 0 Å². The summed E-state index contributed by atoms with van der Waals surface area (Å²) in [6.07, 6.45) is 3.75. The quantitative estimate of drug-likeness (QED) is 0.684. The van der Waals surface area contributed by atoms with E-state index in [0.29, 0.717) is 12.2 Å². The lowest BCUT2D eigenvalue weighted by Crippen LogP contribution is -2.34. The number of carbonyl (C=O) groups excluding carboxylic acids is 1. The van der Waals surface area contributed by atoms with E-state index in [1.165, 1.54) is 12.1 Å². The molecule has 8 heteroatoms. The Kier molecular flexibility index (Phi) is 4.24. The molecule has 120 valence electrons. The van der Waals surface area contributed by atoms with E-state index in [0.717, 1.165) is 24.4 Å². The molecule has 0 bridgehead atoms. The standard InChI is InChI=1S/C15H16N4O3S/c16-14(20)10-3-4-12(13(8-10)19(21)22)18-6-1-2-11(9-18)15-17-5-7-23-15/h3-5,7-8,11H,1-2,6,9H2,(H2,16,20)/t11-/m1/s1. The molecule has 0 aliphatic carbocycles. The average molecular weight is 332 g/mol. The molecular formula is C15H16N4O3S. The molecule has 0 saturated carbocycles. The number of rotatable bonds is 4. The highest BCUT2D eigenvalue weighted by Gasteiger charge is 2.28. The molecule has 1 atom stereocenters. The van der Waals surface area contributed by atoms with E-state index in [9.17, 15) is 14.9 Å². The first-order valence-electron chi connectivity index (χ1n) is 7.29. The number of nitrogens with two attached hydrogens (primary N) is 1. The van der Waals surface area contributed by atoms with Crippen LogP contribution in [0.15, 0.2) is 29.8 Å². The van der Waals surface area contributed by atoms with Crippen LogP contribution in [0.1, 0.15) is 34.1 Å². The Labute approximate surface area is 136 Å². The summed E-state index contributed by atoms with van der Waals surface area (Å²) in [6, 6.07) is 4.41. The lowest BCUT2D eigenvalue weighted by atomic mass is 9.97. The van der Waals surface area contributed by atoms with Crippen molar-refractivity contribution in [2.45, 2.75) is 18.8 Å². The second-order valence-electron chi connectivity index (χ2n) is 5.48. The minimum absolute atomic E-state index is 0.0823. The van der Waals surface area contributed by atoms with Gasteiger partial charge >= 0.3 is 0 Å². The van der Waals surface area contributed by atoms with E-state index >= 15 is 0 Å². The molecule has 2 aromatic rings. The minimum atomic E-state index is -0.668. The highest BCUT2D eigenvalue weighted by molar-refractivity contribution is 7.09. The maximum atomic E-state index is 11.4. The van der Waals surface area contributed by atoms with Crippen LogP contribution >= 0.6 is 11.3 Å². The number of carbonyl (C=O) groups is 1. The first-order chi connectivity index (χ1) is 11.1. The molecular weight excluding hydrogens is 316 g/mol. The maximum Gasteiger partial charge on any atom is 0.293 e. The summed E-state index contributed by atoms with van der Waals surface area (Å²) in [5.74, 6) is -0.391. The van der Waals surface area contributed by atoms with Gasteiger partial charge in [0.2, 0.25) is 5.91 Å². The van der Waals surface area contributed by atoms with Crippen molar-refractivity contribution in [3.63, 3.8) is 0 Å². The van der Waals surface area contributed by atoms with Crippen molar-refractivity contribution >= 4 is 28.6 Å². The second kappa shape index (κ2) is 6.33. The van der Waals surface area contributed by atoms with Gasteiger partial charge in [-0.3, -0.25) is 14.9 Å². The van der Waals surface area contributed by atoms with Crippen LogP contribution in [0.4, 0.5) is 11.4 Å². The van der Waals surface area contributed by atoms with Crippen molar-refractivity contribution < 1.29 is 9.72 Å². The zero-order valence-electron chi connectivity index (χ0n) is 12.3. The SMILES string of the molecule is NC(=O)c1ccc(N2CCC[C@@H](c3nccs3)C2)c([N+](=O)[O-])c1. The minimum Gasteiger partial charge on any atom is -0.366 e. The summed E-state index contributed by atoms with van der Waals surface area (Å²) in [4.78, 5) is 28.5. The highest BCUT2D eigenvalue weighted by atomic mass is 32.1. The van der Waals surface area contributed by atoms with Gasteiger partial charge in [-0.15, -0.1) is 11.3 Å². The summed E-state index contributed by atoms with van der Waals surface area (Å²) in [5.41, 5.74) is 5.81. The van der Waals surface area contributed by atoms with Crippen molar-refractivity contribution in [2.24, 2.45) is 5.73 Å². The third-order valence-electron chi connectivity index (χ3n) is 4.02. The molecule has 1 amide bonds. The van der Waals surface area contributed by atoms with Crippen LogP contribution < -0.4 is 10.6 Å². The van der Waals surface area contributed by atoms with Gasteiger partial charge in [-0.25, -0.2) is 4.98 Å². The predicted molar refractivity (Wildman–Crippen MR) is 87.9 cm³/mol. The summed E-state index contributed by atoms with van der Waals surface area (Å²) >= 11 is 1.61. The number of hydrogen-bond donors (Lipinski definition) is 1. The number of primary amides is 1. The Bertz CT molecular complexity index is 732. The number of nitro benzene ring substituents is 1. The highest BCUT2D eigenvalue weighted by Crippen LogP contribution is 2.35. The number of benzene rings is 1. The molecule has 1 fully saturated rings. The maximum absolute atomic E-state index is 11.4. The van der Waals surface area contributed by atoms with E-state index in [1.807, 2.05) is 10.3 Å². The molecule has 0 unspecified atom stereocenters. The van der Waals surface area contributed by atoms with Crippen molar-refractivity contribution in [1.29, 1.82) is 0 Å². The average Bonchev–Trinajstić information content (AvgIpc) is 3.09. The zero-order chi connectivity index (χ0) is 16.4. The lowest BCUT2D eigenvalue weighted by molar-refractivity contribution is -0.384. The molecule has 1 aliphatic heterocycles. The topological polar surface area (TPSA) is 102 Å². The van der Waals surface area contributed by atoms with Gasteiger partial charge in [-0.2, -0.15) is 0 Å². The molecule has 3 rings (SSSR count). The van der Waals surface area contributed by atoms with Crippen molar-refractivity contribution in [3.8, 4) is 0 Å². The number of amides is 1. The smallest absolute Gasteiger partial charge is 0.293 e. The van der Waals surface area contributed by atoms with Crippen LogP contribution in [0.25, 0.3) is 0 Å². The van der Waals surface area contributed by atoms with Crippen molar-refractivity contribution in [1.82, 2.24) is 4.98 Å². The number of aromatic nitrogens is 1. The molecule has 23 heavy (non-hydrogen) atoms. The Hall–Kier alpha value is -2.48. The van der Waals surface area contributed by atoms with E-state index in [4.69, 9.17) is 5.73 Å². The Morgan fingerprint density at radius 3 is 2.96 bits per heavy atom. The summed E-state index contributed by atoms with van der Waals surface area (Å²) in [5, 5.41) is 14.4. The van der Waals surface area contributed by atoms with Gasteiger partial charge in [-0.05, 0) is 25.0 Å². The molecule has 1 saturated heterocycles. The van der Waals surface area contributed by atoms with Gasteiger partial charge in [0.05, 0.1) is 9.93 Å². The number of piperidine rings is 1. The van der Waals surface area contributed by atoms with Crippen molar-refractivity contribution in [3.05, 3.63) is 50.5 Å². The van der Waals surface area contributed by atoms with E-state index in [1.54, 1.807) is 23.6 Å². The van der Waals surface area contributed by atoms with E-state index < -0.39 is 10.8 Å². The Morgan fingerprint density at radius 1 is 1.48 bits per heavy atom. The lowest BCUT2D eigenvalue weighted by Gasteiger charge is -2.33. The molecule has 0 radical (unpaired) electrons. The van der Waals surface area contributed by atoms with Crippen LogP contribution in [0.2, 0.25) is 0 Å². The third-order valence-corrected chi connectivity index (χ3v) is 4.96. The van der Waals surface area contributed by atoms with Crippen LogP contribution in [0.3, 0.4) is 0 Å². The Balaban J connectivity index is 1.91. The van der Waals surface area contributed by atoms with E-state index in [2.05, 4.69) is 4.98 Å². The van der Waals surface area contributed by atoms with Gasteiger partial charge < -0.3 is 10.6 Å². The molecule has 0 spiro atoms. The summed E-state index contributed by atoms with van der Waals surface area (Å²) < 4.78 is 0. The van der Waals surface area contributed by atoms with Crippen LogP contribution in [0.5, 0.6) is 0 Å². The van der Waals surface area contributed by atoms with Crippen molar-refractivity contribution in [2.75, 3.05) is 18.0 Å². The molecule has 1 aliphatic rings. The number of hydrogen-bond acceptors (Lipinski definition) is 6. The number of nitrogens with zero attached hydrogens (tertiary/aromatic N) is 3. The largest absolute Gasteiger partial charge is 0.366 e. The van der Waals surface area contributed by atoms with E-state index in [-0.39, 0.29) is 17.2 Å². The molecule has 2 heterocycles. The fourth-order valence-electron chi connectivity index (χ4n) is 2.92. The monoisotopic (exact) mass is 332 g/mol. The molecule has 1 aromatic carbocycles. The molecule has 7 nitrogen and oxygen atoms in total. The first kappa shape index (κ1) is 15.4. The number of anilines is 1. The fourth-order valence-corrected chi connectivity index (χ4v) is 3.69. The van der Waals surface area contributed by atoms with Crippen LogP contribution in [-0.4, -0.2) is 28.9 Å². The number of nitro groups is 1. The third kappa shape index (κ3) is 3.16. The van der Waals surface area contributed by atoms with Gasteiger partial charge in [0.1, 0.15) is 5.69 Å². The number of thiazole rings is 1. The first-order valence-corrected chi connectivity index (χ1v) is 8.17. The molecule has 1 aromatic heterocycles. The second-order valence-corrected chi connectivity index (χ2v) is 6.41. The van der Waals surface area contributed by atoms with Gasteiger partial charge in [-0.1, -0.05) is 0 Å².